The molecule has 1 aromatic carbocycles. The van der Waals surface area contributed by atoms with Crippen molar-refractivity contribution in [1.29, 1.82) is 0 Å². The summed E-state index contributed by atoms with van der Waals surface area (Å²) in [6.45, 7) is 0. The summed E-state index contributed by atoms with van der Waals surface area (Å²) in [4.78, 5) is 36.6. The second-order valence-corrected chi connectivity index (χ2v) is 7.36. The largest absolute Gasteiger partial charge is 0.290 e. The molecular weight excluding hydrogens is 408 g/mol. The number of benzene rings is 1. The summed E-state index contributed by atoms with van der Waals surface area (Å²) < 4.78 is 0.955. The first-order chi connectivity index (χ1) is 12.0. The average Bonchev–Trinajstić information content (AvgIpc) is 3.04. The van der Waals surface area contributed by atoms with Crippen molar-refractivity contribution in [1.82, 2.24) is 21.0 Å². The molecule has 0 saturated carbocycles. The highest BCUT2D eigenvalue weighted by Crippen LogP contribution is 2.22. The number of H-pyrrole nitrogens is 1. The Kier molecular flexibility index (Phi) is 5.05. The highest BCUT2D eigenvalue weighted by molar-refractivity contribution is 9.11. The van der Waals surface area contributed by atoms with Gasteiger partial charge in [-0.3, -0.25) is 25.2 Å². The van der Waals surface area contributed by atoms with Crippen LogP contribution >= 0.6 is 27.3 Å². The van der Waals surface area contributed by atoms with Gasteiger partial charge in [0.25, 0.3) is 17.4 Å². The van der Waals surface area contributed by atoms with Gasteiger partial charge in [-0.15, -0.1) is 11.3 Å². The standard InChI is InChI=1S/C16H11BrN4O3S/c17-12-7-5-9(25-12)6-8-13(22)18-21-16(24)14-10-3-1-2-4-11(10)15(23)20-19-14/h1-8H,(H,18,22)(H,20,23)(H,21,24)/b8-6+. The summed E-state index contributed by atoms with van der Waals surface area (Å²) in [7, 11) is 0. The van der Waals surface area contributed by atoms with Crippen LogP contribution in [-0.4, -0.2) is 22.0 Å². The monoisotopic (exact) mass is 418 g/mol. The van der Waals surface area contributed by atoms with Gasteiger partial charge in [0, 0.05) is 16.3 Å². The first kappa shape index (κ1) is 17.1. The maximum absolute atomic E-state index is 12.2. The van der Waals surface area contributed by atoms with Gasteiger partial charge in [-0.2, -0.15) is 5.10 Å². The predicted octanol–water partition coefficient (Wildman–Crippen LogP) is 2.22. The number of halogens is 1. The highest BCUT2D eigenvalue weighted by Gasteiger charge is 2.14. The van der Waals surface area contributed by atoms with Gasteiger partial charge in [0.2, 0.25) is 0 Å². The molecule has 0 bridgehead atoms. The molecule has 0 aliphatic carbocycles. The third kappa shape index (κ3) is 4.01. The number of nitrogens with one attached hydrogen (secondary N) is 3. The highest BCUT2D eigenvalue weighted by atomic mass is 79.9. The number of rotatable bonds is 3. The average molecular weight is 419 g/mol. The number of hydrogen-bond donors (Lipinski definition) is 3. The number of fused-ring (bicyclic) bond motifs is 1. The van der Waals surface area contributed by atoms with Crippen LogP contribution in [-0.2, 0) is 4.79 Å². The molecule has 2 aromatic heterocycles. The zero-order chi connectivity index (χ0) is 17.8. The Labute approximate surface area is 153 Å². The zero-order valence-electron chi connectivity index (χ0n) is 12.6. The molecule has 7 nitrogen and oxygen atoms in total. The molecule has 0 unspecified atom stereocenters. The molecule has 2 amide bonds. The first-order valence-corrected chi connectivity index (χ1v) is 8.67. The molecule has 9 heteroatoms. The van der Waals surface area contributed by atoms with Crippen LogP contribution < -0.4 is 16.4 Å². The van der Waals surface area contributed by atoms with Crippen molar-refractivity contribution in [2.75, 3.05) is 0 Å². The Bertz CT molecular complexity index is 1040. The van der Waals surface area contributed by atoms with Gasteiger partial charge in [0.1, 0.15) is 0 Å². The van der Waals surface area contributed by atoms with E-state index in [1.807, 2.05) is 12.1 Å². The number of nitrogens with zero attached hydrogens (tertiary/aromatic N) is 1. The lowest BCUT2D eigenvalue weighted by atomic mass is 10.1. The second kappa shape index (κ2) is 7.41. The minimum atomic E-state index is -0.631. The van der Waals surface area contributed by atoms with Crippen LogP contribution in [0, 0.1) is 0 Å². The van der Waals surface area contributed by atoms with Crippen molar-refractivity contribution >= 4 is 55.9 Å². The lowest BCUT2D eigenvalue weighted by Crippen LogP contribution is -2.41. The zero-order valence-corrected chi connectivity index (χ0v) is 15.0. The summed E-state index contributed by atoms with van der Waals surface area (Å²) in [5.74, 6) is -1.13. The molecule has 3 aromatic rings. The third-order valence-electron chi connectivity index (χ3n) is 3.20. The van der Waals surface area contributed by atoms with Crippen LogP contribution in [0.15, 0.2) is 51.1 Å². The maximum atomic E-state index is 12.2. The minimum absolute atomic E-state index is 0.0154. The Morgan fingerprint density at radius 2 is 1.88 bits per heavy atom. The number of hydrazine groups is 1. The van der Waals surface area contributed by atoms with Crippen molar-refractivity contribution in [2.24, 2.45) is 0 Å². The lowest BCUT2D eigenvalue weighted by molar-refractivity contribution is -0.117. The Hall–Kier alpha value is -2.78. The molecule has 0 aliphatic heterocycles. The van der Waals surface area contributed by atoms with Crippen molar-refractivity contribution in [3.63, 3.8) is 0 Å². The molecule has 3 rings (SSSR count). The van der Waals surface area contributed by atoms with Crippen LogP contribution in [0.2, 0.25) is 0 Å². The fraction of sp³-hybridized carbons (Fsp3) is 0. The van der Waals surface area contributed by atoms with Crippen LogP contribution in [0.5, 0.6) is 0 Å². The maximum Gasteiger partial charge on any atom is 0.290 e. The molecule has 0 aliphatic rings. The van der Waals surface area contributed by atoms with E-state index in [9.17, 15) is 14.4 Å². The SMILES string of the molecule is O=C(/C=C/c1ccc(Br)s1)NNC(=O)c1n[nH]c(=O)c2ccccc12. The summed E-state index contributed by atoms with van der Waals surface area (Å²) in [5, 5.41) is 6.77. The van der Waals surface area contributed by atoms with Crippen molar-refractivity contribution < 1.29 is 9.59 Å². The van der Waals surface area contributed by atoms with Crippen LogP contribution in [0.1, 0.15) is 15.4 Å². The molecule has 0 radical (unpaired) electrons. The molecule has 2 heterocycles. The third-order valence-corrected chi connectivity index (χ3v) is 4.79. The van der Waals surface area contributed by atoms with Crippen LogP contribution in [0.25, 0.3) is 16.8 Å². The number of hydrogen-bond acceptors (Lipinski definition) is 5. The van der Waals surface area contributed by atoms with Gasteiger partial charge in [-0.05, 0) is 40.2 Å². The molecular formula is C16H11BrN4O3S. The molecule has 126 valence electrons. The fourth-order valence-electron chi connectivity index (χ4n) is 2.08. The molecule has 0 atom stereocenters. The summed E-state index contributed by atoms with van der Waals surface area (Å²) >= 11 is 4.81. The van der Waals surface area contributed by atoms with E-state index in [0.29, 0.717) is 10.8 Å². The van der Waals surface area contributed by atoms with Gasteiger partial charge in [-0.25, -0.2) is 5.10 Å². The van der Waals surface area contributed by atoms with E-state index in [0.717, 1.165) is 8.66 Å². The van der Waals surface area contributed by atoms with E-state index in [1.165, 1.54) is 17.4 Å². The van der Waals surface area contributed by atoms with E-state index in [-0.39, 0.29) is 11.3 Å². The quantitative estimate of drug-likeness (QED) is 0.447. The lowest BCUT2D eigenvalue weighted by Gasteiger charge is -2.06. The van der Waals surface area contributed by atoms with Crippen molar-refractivity contribution in [3.8, 4) is 0 Å². The predicted molar refractivity (Wildman–Crippen MR) is 99.0 cm³/mol. The van der Waals surface area contributed by atoms with E-state index < -0.39 is 11.8 Å². The fourth-order valence-corrected chi connectivity index (χ4v) is 3.41. The van der Waals surface area contributed by atoms with Gasteiger partial charge in [0.05, 0.1) is 9.17 Å². The Balaban J connectivity index is 1.69. The second-order valence-electron chi connectivity index (χ2n) is 4.87. The number of aromatic nitrogens is 2. The summed E-state index contributed by atoms with van der Waals surface area (Å²) in [5.41, 5.74) is 4.17. The topological polar surface area (TPSA) is 104 Å². The Morgan fingerprint density at radius 3 is 2.60 bits per heavy atom. The van der Waals surface area contributed by atoms with Crippen LogP contribution in [0.3, 0.4) is 0 Å². The smallest absolute Gasteiger partial charge is 0.268 e. The van der Waals surface area contributed by atoms with E-state index in [4.69, 9.17) is 0 Å². The molecule has 0 fully saturated rings. The van der Waals surface area contributed by atoms with Gasteiger partial charge >= 0.3 is 0 Å². The first-order valence-electron chi connectivity index (χ1n) is 7.06. The molecule has 25 heavy (non-hydrogen) atoms. The Morgan fingerprint density at radius 1 is 1.12 bits per heavy atom. The number of aromatic amines is 1. The number of amides is 2. The van der Waals surface area contributed by atoms with Crippen LogP contribution in [0.4, 0.5) is 0 Å². The minimum Gasteiger partial charge on any atom is -0.268 e. The van der Waals surface area contributed by atoms with E-state index in [2.05, 4.69) is 37.0 Å². The summed E-state index contributed by atoms with van der Waals surface area (Å²) in [6, 6.07) is 10.3. The van der Waals surface area contributed by atoms with Crippen molar-refractivity contribution in [2.45, 2.75) is 0 Å². The number of carbonyl (C=O) groups is 2. The van der Waals surface area contributed by atoms with Gasteiger partial charge in [0.15, 0.2) is 5.69 Å². The number of thiophene rings is 1. The molecule has 0 spiro atoms. The van der Waals surface area contributed by atoms with E-state index >= 15 is 0 Å². The molecule has 0 saturated heterocycles. The van der Waals surface area contributed by atoms with Crippen molar-refractivity contribution in [3.05, 3.63) is 67.2 Å². The summed E-state index contributed by atoms with van der Waals surface area (Å²) in [6.07, 6.45) is 2.93. The van der Waals surface area contributed by atoms with Gasteiger partial charge < -0.3 is 0 Å². The molecule has 3 N–H and O–H groups in total. The normalized spacial score (nSPS) is 10.9. The number of carbonyl (C=O) groups excluding carboxylic acids is 2. The van der Waals surface area contributed by atoms with Gasteiger partial charge in [-0.1, -0.05) is 18.2 Å². The van der Waals surface area contributed by atoms with E-state index in [1.54, 1.807) is 30.3 Å².